The summed E-state index contributed by atoms with van der Waals surface area (Å²) in [7, 11) is 0. The lowest BCUT2D eigenvalue weighted by molar-refractivity contribution is -0.183. The summed E-state index contributed by atoms with van der Waals surface area (Å²) in [6.45, 7) is 1.02. The molecule has 1 unspecified atom stereocenters. The van der Waals surface area contributed by atoms with Gasteiger partial charge in [-0.15, -0.1) is 24.2 Å². The van der Waals surface area contributed by atoms with E-state index in [4.69, 9.17) is 0 Å². The zero-order valence-electron chi connectivity index (χ0n) is 14.3. The number of thioether (sulfide) groups is 1. The largest absolute Gasteiger partial charge is 0.405 e. The molecule has 1 fully saturated rings. The third-order valence-corrected chi connectivity index (χ3v) is 5.37. The molecule has 1 saturated heterocycles. The first-order valence-electron chi connectivity index (χ1n) is 8.21. The normalized spacial score (nSPS) is 18.7. The molecular weight excluding hydrogens is 405 g/mol. The maximum atomic E-state index is 13.4. The van der Waals surface area contributed by atoms with Gasteiger partial charge in [-0.1, -0.05) is 0 Å². The van der Waals surface area contributed by atoms with Crippen LogP contribution in [0.4, 0.5) is 18.9 Å². The van der Waals surface area contributed by atoms with Crippen molar-refractivity contribution in [3.8, 4) is 0 Å². The Morgan fingerprint density at radius 1 is 1.30 bits per heavy atom. The minimum absolute atomic E-state index is 0. The molecule has 0 saturated carbocycles. The fraction of sp³-hybridized carbons (Fsp3) is 0.500. The maximum absolute atomic E-state index is 13.4. The Balaban J connectivity index is 0.00000261. The Hall–Kier alpha value is -1.49. The van der Waals surface area contributed by atoms with Crippen LogP contribution in [0, 0.1) is 0 Å². The number of carbonyl (C=O) groups is 2. The molecule has 1 aromatic carbocycles. The van der Waals surface area contributed by atoms with Gasteiger partial charge in [-0.2, -0.15) is 13.2 Å². The van der Waals surface area contributed by atoms with Gasteiger partial charge in [0.1, 0.15) is 6.04 Å². The molecule has 11 heteroatoms. The van der Waals surface area contributed by atoms with Crippen molar-refractivity contribution in [3.05, 3.63) is 23.8 Å². The highest BCUT2D eigenvalue weighted by atomic mass is 35.5. The first kappa shape index (κ1) is 21.8. The molecule has 2 amide bonds. The van der Waals surface area contributed by atoms with E-state index < -0.39 is 24.7 Å². The SMILES string of the molecule is Cl.O=C1CSc2ccc(C(=O)NCC(N3CCNCC3)C(F)(F)F)cc2N1. The van der Waals surface area contributed by atoms with Crippen molar-refractivity contribution in [1.82, 2.24) is 15.5 Å². The first-order valence-corrected chi connectivity index (χ1v) is 9.19. The van der Waals surface area contributed by atoms with E-state index in [0.29, 0.717) is 24.5 Å². The number of alkyl halides is 3. The van der Waals surface area contributed by atoms with Crippen molar-refractivity contribution >= 4 is 41.7 Å². The zero-order chi connectivity index (χ0) is 18.7. The van der Waals surface area contributed by atoms with Crippen LogP contribution in [0.1, 0.15) is 10.4 Å². The van der Waals surface area contributed by atoms with Crippen LogP contribution < -0.4 is 16.0 Å². The van der Waals surface area contributed by atoms with E-state index in [1.54, 1.807) is 12.1 Å². The molecule has 2 aliphatic heterocycles. The predicted octanol–water partition coefficient (Wildman–Crippen LogP) is 1.72. The maximum Gasteiger partial charge on any atom is 0.405 e. The summed E-state index contributed by atoms with van der Waals surface area (Å²) in [6, 6.07) is 3.00. The summed E-state index contributed by atoms with van der Waals surface area (Å²) < 4.78 is 40.1. The molecule has 0 bridgehead atoms. The number of nitrogens with one attached hydrogen (secondary N) is 3. The van der Waals surface area contributed by atoms with E-state index in [-0.39, 0.29) is 37.0 Å². The molecule has 3 N–H and O–H groups in total. The van der Waals surface area contributed by atoms with Crippen LogP contribution in [0.25, 0.3) is 0 Å². The van der Waals surface area contributed by atoms with Gasteiger partial charge in [0.05, 0.1) is 11.4 Å². The lowest BCUT2D eigenvalue weighted by Gasteiger charge is -2.35. The molecule has 0 aliphatic carbocycles. The third kappa shape index (κ3) is 5.50. The highest BCUT2D eigenvalue weighted by molar-refractivity contribution is 8.00. The van der Waals surface area contributed by atoms with E-state index in [1.807, 2.05) is 0 Å². The Labute approximate surface area is 165 Å². The molecule has 0 aromatic heterocycles. The van der Waals surface area contributed by atoms with Crippen LogP contribution in [0.2, 0.25) is 0 Å². The molecule has 6 nitrogen and oxygen atoms in total. The van der Waals surface area contributed by atoms with Crippen molar-refractivity contribution in [2.24, 2.45) is 0 Å². The Kier molecular flexibility index (Phi) is 7.38. The van der Waals surface area contributed by atoms with E-state index in [0.717, 1.165) is 4.90 Å². The van der Waals surface area contributed by atoms with Gasteiger partial charge in [0.15, 0.2) is 0 Å². The van der Waals surface area contributed by atoms with Crippen molar-refractivity contribution in [1.29, 1.82) is 0 Å². The standard InChI is InChI=1S/C16H19F3N4O2S.ClH/c17-16(18,19)13(23-5-3-20-4-6-23)8-21-15(25)10-1-2-12-11(7-10)22-14(24)9-26-12;/h1-2,7,13,20H,3-6,8-9H2,(H,21,25)(H,22,24);1H. The number of halogens is 4. The van der Waals surface area contributed by atoms with Crippen LogP contribution in [0.15, 0.2) is 23.1 Å². The van der Waals surface area contributed by atoms with Gasteiger partial charge in [0.25, 0.3) is 5.91 Å². The van der Waals surface area contributed by atoms with E-state index in [2.05, 4.69) is 16.0 Å². The topological polar surface area (TPSA) is 73.5 Å². The van der Waals surface area contributed by atoms with Crippen molar-refractivity contribution in [2.45, 2.75) is 17.1 Å². The molecular formula is C16H20ClF3N4O2S. The summed E-state index contributed by atoms with van der Waals surface area (Å²) >= 11 is 1.35. The average Bonchev–Trinajstić information content (AvgIpc) is 2.61. The summed E-state index contributed by atoms with van der Waals surface area (Å²) in [4.78, 5) is 25.9. The number of hydrogen-bond donors (Lipinski definition) is 3. The number of carbonyl (C=O) groups excluding carboxylic acids is 2. The molecule has 2 aliphatic rings. The molecule has 2 heterocycles. The van der Waals surface area contributed by atoms with Gasteiger partial charge in [-0.3, -0.25) is 14.5 Å². The van der Waals surface area contributed by atoms with Crippen LogP contribution in [-0.4, -0.2) is 67.4 Å². The van der Waals surface area contributed by atoms with Crippen molar-refractivity contribution in [3.63, 3.8) is 0 Å². The number of hydrogen-bond acceptors (Lipinski definition) is 5. The highest BCUT2D eigenvalue weighted by Crippen LogP contribution is 2.32. The second-order valence-electron chi connectivity index (χ2n) is 6.10. The molecule has 27 heavy (non-hydrogen) atoms. The fourth-order valence-electron chi connectivity index (χ4n) is 2.96. The lowest BCUT2D eigenvalue weighted by Crippen LogP contribution is -2.57. The molecule has 1 atom stereocenters. The van der Waals surface area contributed by atoms with E-state index in [9.17, 15) is 22.8 Å². The quantitative estimate of drug-likeness (QED) is 0.686. The smallest absolute Gasteiger partial charge is 0.350 e. The lowest BCUT2D eigenvalue weighted by atomic mass is 10.1. The Morgan fingerprint density at radius 2 is 2.00 bits per heavy atom. The van der Waals surface area contributed by atoms with Crippen LogP contribution in [-0.2, 0) is 4.79 Å². The van der Waals surface area contributed by atoms with Gasteiger partial charge in [-0.05, 0) is 18.2 Å². The van der Waals surface area contributed by atoms with Gasteiger partial charge in [0.2, 0.25) is 5.91 Å². The van der Waals surface area contributed by atoms with Gasteiger partial charge in [-0.25, -0.2) is 0 Å². The minimum Gasteiger partial charge on any atom is -0.350 e. The average molecular weight is 425 g/mol. The number of anilines is 1. The van der Waals surface area contributed by atoms with Crippen LogP contribution in [0.5, 0.6) is 0 Å². The number of amides is 2. The first-order chi connectivity index (χ1) is 12.3. The molecule has 0 spiro atoms. The van der Waals surface area contributed by atoms with Gasteiger partial charge >= 0.3 is 6.18 Å². The highest BCUT2D eigenvalue weighted by Gasteiger charge is 2.43. The van der Waals surface area contributed by atoms with Crippen LogP contribution >= 0.6 is 24.2 Å². The minimum atomic E-state index is -4.43. The zero-order valence-corrected chi connectivity index (χ0v) is 15.9. The molecule has 3 rings (SSSR count). The second-order valence-corrected chi connectivity index (χ2v) is 7.12. The number of nitrogens with zero attached hydrogens (tertiary/aromatic N) is 1. The number of fused-ring (bicyclic) bond motifs is 1. The van der Waals surface area contributed by atoms with E-state index in [1.165, 1.54) is 22.7 Å². The molecule has 150 valence electrons. The Bertz CT molecular complexity index is 699. The number of benzene rings is 1. The molecule has 1 aromatic rings. The second kappa shape index (κ2) is 9.13. The van der Waals surface area contributed by atoms with Crippen LogP contribution in [0.3, 0.4) is 0 Å². The summed E-state index contributed by atoms with van der Waals surface area (Å²) in [5, 5.41) is 8.05. The predicted molar refractivity (Wildman–Crippen MR) is 99.7 cm³/mol. The fourth-order valence-corrected chi connectivity index (χ4v) is 3.75. The Morgan fingerprint density at radius 3 is 2.67 bits per heavy atom. The number of rotatable bonds is 4. The van der Waals surface area contributed by atoms with Crippen molar-refractivity contribution in [2.75, 3.05) is 43.8 Å². The third-order valence-electron chi connectivity index (χ3n) is 4.30. The summed E-state index contributed by atoms with van der Waals surface area (Å²) in [6.07, 6.45) is -4.43. The summed E-state index contributed by atoms with van der Waals surface area (Å²) in [5.41, 5.74) is 0.723. The van der Waals surface area contributed by atoms with E-state index >= 15 is 0 Å². The monoisotopic (exact) mass is 424 g/mol. The van der Waals surface area contributed by atoms with Gasteiger partial charge < -0.3 is 16.0 Å². The van der Waals surface area contributed by atoms with Gasteiger partial charge in [0, 0.05) is 43.2 Å². The number of piperazine rings is 1. The molecule has 0 radical (unpaired) electrons. The van der Waals surface area contributed by atoms with Crippen molar-refractivity contribution < 1.29 is 22.8 Å². The summed E-state index contributed by atoms with van der Waals surface area (Å²) in [5.74, 6) is -0.464.